The summed E-state index contributed by atoms with van der Waals surface area (Å²) in [6.45, 7) is 2.79. The summed E-state index contributed by atoms with van der Waals surface area (Å²) >= 11 is 0. The lowest BCUT2D eigenvalue weighted by Crippen LogP contribution is -2.02. The van der Waals surface area contributed by atoms with Crippen LogP contribution in [0.4, 0.5) is 5.82 Å². The molecule has 0 fully saturated rings. The van der Waals surface area contributed by atoms with Crippen molar-refractivity contribution in [1.29, 1.82) is 0 Å². The minimum Gasteiger partial charge on any atom is -0.384 e. The van der Waals surface area contributed by atoms with Crippen LogP contribution in [0, 0.1) is 6.92 Å². The maximum atomic E-state index is 5.74. The average molecular weight is 268 g/mol. The van der Waals surface area contributed by atoms with E-state index in [0.717, 1.165) is 23.5 Å². The van der Waals surface area contributed by atoms with Crippen molar-refractivity contribution < 1.29 is 0 Å². The van der Waals surface area contributed by atoms with Gasteiger partial charge in [-0.05, 0) is 19.1 Å². The molecular weight excluding hydrogens is 252 g/mol. The Balaban J connectivity index is 1.97. The first-order chi connectivity index (χ1) is 9.65. The lowest BCUT2D eigenvalue weighted by molar-refractivity contribution is 0.732. The van der Waals surface area contributed by atoms with Crippen LogP contribution >= 0.6 is 0 Å². The van der Waals surface area contributed by atoms with Gasteiger partial charge in [-0.3, -0.25) is 4.68 Å². The minimum absolute atomic E-state index is 0.507. The Morgan fingerprint density at radius 1 is 1.30 bits per heavy atom. The van der Waals surface area contributed by atoms with Crippen molar-refractivity contribution in [3.05, 3.63) is 48.3 Å². The monoisotopic (exact) mass is 268 g/mol. The number of nitrogen functional groups attached to an aromatic ring is 1. The van der Waals surface area contributed by atoms with E-state index in [1.807, 2.05) is 42.6 Å². The second-order valence-electron chi connectivity index (χ2n) is 4.75. The molecule has 3 heterocycles. The fourth-order valence-corrected chi connectivity index (χ4v) is 2.18. The van der Waals surface area contributed by atoms with Crippen LogP contribution in [0.1, 0.15) is 11.3 Å². The van der Waals surface area contributed by atoms with Crippen molar-refractivity contribution >= 4 is 5.82 Å². The Morgan fingerprint density at radius 3 is 2.85 bits per heavy atom. The highest BCUT2D eigenvalue weighted by Crippen LogP contribution is 2.21. The van der Waals surface area contributed by atoms with Crippen LogP contribution in [0.5, 0.6) is 0 Å². The third-order valence-corrected chi connectivity index (χ3v) is 3.47. The number of nitrogens with two attached hydrogens (primary N) is 1. The van der Waals surface area contributed by atoms with E-state index < -0.39 is 0 Å². The second kappa shape index (κ2) is 4.80. The fraction of sp³-hybridized carbons (Fsp3) is 0.214. The predicted molar refractivity (Wildman–Crippen MR) is 76.9 cm³/mol. The molecule has 3 aromatic heterocycles. The van der Waals surface area contributed by atoms with Gasteiger partial charge < -0.3 is 10.3 Å². The zero-order valence-corrected chi connectivity index (χ0v) is 11.5. The molecule has 102 valence electrons. The summed E-state index contributed by atoms with van der Waals surface area (Å²) in [5.41, 5.74) is 10.1. The molecular formula is C14H16N6. The first-order valence-electron chi connectivity index (χ1n) is 6.34. The molecule has 6 nitrogen and oxygen atoms in total. The van der Waals surface area contributed by atoms with Crippen LogP contribution in [0.2, 0.25) is 0 Å². The molecule has 0 spiro atoms. The smallest absolute Gasteiger partial charge is 0.123 e. The fourth-order valence-electron chi connectivity index (χ4n) is 2.18. The molecule has 3 rings (SSSR count). The zero-order chi connectivity index (χ0) is 14.1. The number of hydrogen-bond donors (Lipinski definition) is 1. The highest BCUT2D eigenvalue weighted by molar-refractivity contribution is 5.61. The molecule has 2 N–H and O–H groups in total. The number of imidazole rings is 1. The molecule has 0 unspecified atom stereocenters. The molecule has 0 saturated heterocycles. The first kappa shape index (κ1) is 12.4. The minimum atomic E-state index is 0.507. The van der Waals surface area contributed by atoms with Crippen LogP contribution < -0.4 is 5.73 Å². The average Bonchev–Trinajstić information content (AvgIpc) is 3.01. The van der Waals surface area contributed by atoms with Gasteiger partial charge in [-0.15, -0.1) is 0 Å². The molecule has 0 atom stereocenters. The predicted octanol–water partition coefficient (Wildman–Crippen LogP) is 1.62. The SMILES string of the molecule is Cc1c(Cn2cncc2-c2ccnc(N)c2)cnn1C. The van der Waals surface area contributed by atoms with Gasteiger partial charge in [0.15, 0.2) is 0 Å². The lowest BCUT2D eigenvalue weighted by Gasteiger charge is -2.08. The summed E-state index contributed by atoms with van der Waals surface area (Å²) in [6, 6.07) is 3.78. The Hall–Kier alpha value is -2.63. The summed E-state index contributed by atoms with van der Waals surface area (Å²) in [5.74, 6) is 0.507. The van der Waals surface area contributed by atoms with Crippen LogP contribution in [-0.4, -0.2) is 24.3 Å². The van der Waals surface area contributed by atoms with Crippen molar-refractivity contribution in [3.63, 3.8) is 0 Å². The third kappa shape index (κ3) is 2.16. The molecule has 0 aliphatic rings. The largest absolute Gasteiger partial charge is 0.384 e. The van der Waals surface area contributed by atoms with Crippen LogP contribution in [0.3, 0.4) is 0 Å². The molecule has 0 bridgehead atoms. The summed E-state index contributed by atoms with van der Waals surface area (Å²) in [7, 11) is 1.94. The Bertz CT molecular complexity index is 740. The molecule has 0 amide bonds. The standard InChI is InChI=1S/C14H16N6/c1-10-12(6-18-19(10)2)8-20-9-16-7-13(20)11-3-4-17-14(15)5-11/h3-7,9H,8H2,1-2H3,(H2,15,17). The van der Waals surface area contributed by atoms with Gasteiger partial charge >= 0.3 is 0 Å². The molecule has 0 aliphatic carbocycles. The van der Waals surface area contributed by atoms with E-state index in [2.05, 4.69) is 26.6 Å². The van der Waals surface area contributed by atoms with Gasteiger partial charge in [-0.1, -0.05) is 0 Å². The van der Waals surface area contributed by atoms with Crippen LogP contribution in [0.25, 0.3) is 11.3 Å². The van der Waals surface area contributed by atoms with Gasteiger partial charge in [-0.2, -0.15) is 5.10 Å². The second-order valence-corrected chi connectivity index (χ2v) is 4.75. The topological polar surface area (TPSA) is 74.6 Å². The van der Waals surface area contributed by atoms with Crippen molar-refractivity contribution in [1.82, 2.24) is 24.3 Å². The summed E-state index contributed by atoms with van der Waals surface area (Å²) in [5, 5.41) is 4.27. The Morgan fingerprint density at radius 2 is 2.15 bits per heavy atom. The van der Waals surface area contributed by atoms with Gasteiger partial charge in [0.2, 0.25) is 0 Å². The highest BCUT2D eigenvalue weighted by Gasteiger charge is 2.09. The summed E-state index contributed by atoms with van der Waals surface area (Å²) in [6.07, 6.45) is 7.25. The highest BCUT2D eigenvalue weighted by atomic mass is 15.3. The van der Waals surface area contributed by atoms with E-state index in [0.29, 0.717) is 5.82 Å². The lowest BCUT2D eigenvalue weighted by atomic mass is 10.2. The Labute approximate surface area is 116 Å². The zero-order valence-electron chi connectivity index (χ0n) is 11.5. The van der Waals surface area contributed by atoms with Gasteiger partial charge in [-0.25, -0.2) is 9.97 Å². The van der Waals surface area contributed by atoms with Crippen molar-refractivity contribution in [2.45, 2.75) is 13.5 Å². The van der Waals surface area contributed by atoms with Gasteiger partial charge in [0, 0.05) is 30.1 Å². The van der Waals surface area contributed by atoms with Gasteiger partial charge in [0.25, 0.3) is 0 Å². The molecule has 0 radical (unpaired) electrons. The number of aryl methyl sites for hydroxylation is 1. The number of hydrogen-bond acceptors (Lipinski definition) is 4. The number of nitrogens with zero attached hydrogens (tertiary/aromatic N) is 5. The van der Waals surface area contributed by atoms with Crippen molar-refractivity contribution in [3.8, 4) is 11.3 Å². The number of pyridine rings is 1. The van der Waals surface area contributed by atoms with Gasteiger partial charge in [0.1, 0.15) is 5.82 Å². The van der Waals surface area contributed by atoms with E-state index in [9.17, 15) is 0 Å². The molecule has 6 heteroatoms. The van der Waals surface area contributed by atoms with Crippen molar-refractivity contribution in [2.24, 2.45) is 7.05 Å². The maximum absolute atomic E-state index is 5.74. The van der Waals surface area contributed by atoms with Crippen LogP contribution in [0.15, 0.2) is 37.1 Å². The molecule has 0 aliphatic heterocycles. The van der Waals surface area contributed by atoms with Crippen molar-refractivity contribution in [2.75, 3.05) is 5.73 Å². The first-order valence-corrected chi connectivity index (χ1v) is 6.34. The van der Waals surface area contributed by atoms with Crippen LogP contribution in [-0.2, 0) is 13.6 Å². The Kier molecular flexibility index (Phi) is 2.98. The van der Waals surface area contributed by atoms with E-state index in [4.69, 9.17) is 5.73 Å². The summed E-state index contributed by atoms with van der Waals surface area (Å²) in [4.78, 5) is 8.25. The maximum Gasteiger partial charge on any atom is 0.123 e. The number of rotatable bonds is 3. The van der Waals surface area contributed by atoms with E-state index in [1.165, 1.54) is 5.56 Å². The van der Waals surface area contributed by atoms with Gasteiger partial charge in [0.05, 0.1) is 31.0 Å². The summed E-state index contributed by atoms with van der Waals surface area (Å²) < 4.78 is 3.95. The molecule has 3 aromatic rings. The van der Waals surface area contributed by atoms with E-state index >= 15 is 0 Å². The number of aromatic nitrogens is 5. The quantitative estimate of drug-likeness (QED) is 0.783. The normalized spacial score (nSPS) is 10.9. The number of anilines is 1. The molecule has 0 aromatic carbocycles. The third-order valence-electron chi connectivity index (χ3n) is 3.47. The van der Waals surface area contributed by atoms with E-state index in [-0.39, 0.29) is 0 Å². The molecule has 0 saturated carbocycles. The van der Waals surface area contributed by atoms with E-state index in [1.54, 1.807) is 6.20 Å². The molecule has 20 heavy (non-hydrogen) atoms.